The number of fused-ring (bicyclic) bond motifs is 5. The molecular formula is C51H86O22. The predicted molar refractivity (Wildman–Crippen MR) is 251 cm³/mol. The Morgan fingerprint density at radius 3 is 1.81 bits per heavy atom. The quantitative estimate of drug-likeness (QED) is 0.0720. The maximum absolute atomic E-state index is 12.0. The van der Waals surface area contributed by atoms with Gasteiger partial charge in [-0.25, -0.2) is 0 Å². The molecule has 0 aromatic heterocycles. The van der Waals surface area contributed by atoms with Gasteiger partial charge in [-0.15, -0.1) is 0 Å². The van der Waals surface area contributed by atoms with Crippen molar-refractivity contribution in [3.8, 4) is 0 Å². The minimum absolute atomic E-state index is 0.0675. The van der Waals surface area contributed by atoms with Gasteiger partial charge in [-0.3, -0.25) is 0 Å². The van der Waals surface area contributed by atoms with Crippen LogP contribution in [0.3, 0.4) is 0 Å². The first-order chi connectivity index (χ1) is 34.4. The number of ether oxygens (including phenoxy) is 8. The molecule has 422 valence electrons. The second-order valence-corrected chi connectivity index (χ2v) is 23.6. The third-order valence-electron chi connectivity index (χ3n) is 19.0. The molecule has 73 heavy (non-hydrogen) atoms. The summed E-state index contributed by atoms with van der Waals surface area (Å²) < 4.78 is 47.8. The lowest BCUT2D eigenvalue weighted by atomic mass is 9.47. The molecule has 0 amide bonds. The van der Waals surface area contributed by atoms with Gasteiger partial charge in [-0.05, 0) is 118 Å². The van der Waals surface area contributed by atoms with E-state index in [9.17, 15) is 71.5 Å². The van der Waals surface area contributed by atoms with Crippen LogP contribution in [0.4, 0.5) is 0 Å². The van der Waals surface area contributed by atoms with Gasteiger partial charge in [-0.2, -0.15) is 0 Å². The zero-order valence-electron chi connectivity index (χ0n) is 42.8. The molecule has 4 aliphatic heterocycles. The van der Waals surface area contributed by atoms with Crippen molar-refractivity contribution in [3.63, 3.8) is 0 Å². The Bertz CT molecular complexity index is 1830. The number of rotatable bonds is 16. The third-order valence-corrected chi connectivity index (χ3v) is 19.0. The zero-order chi connectivity index (χ0) is 53.2. The highest BCUT2D eigenvalue weighted by atomic mass is 16.8. The average Bonchev–Trinajstić information content (AvgIpc) is 3.64. The number of hydrogen-bond acceptors (Lipinski definition) is 22. The summed E-state index contributed by atoms with van der Waals surface area (Å²) >= 11 is 0. The molecule has 14 N–H and O–H groups in total. The fourth-order valence-electron chi connectivity index (χ4n) is 14.5. The Balaban J connectivity index is 0.914. The lowest BCUT2D eigenvalue weighted by Crippen LogP contribution is -2.66. The van der Waals surface area contributed by atoms with Gasteiger partial charge < -0.3 is 109 Å². The maximum atomic E-state index is 12.0. The summed E-state index contributed by atoms with van der Waals surface area (Å²) in [5.74, 6) is 0.419. The van der Waals surface area contributed by atoms with E-state index in [2.05, 4.69) is 19.9 Å². The second kappa shape index (κ2) is 23.3. The topological polar surface area (TPSA) is 357 Å². The van der Waals surface area contributed by atoms with E-state index < -0.39 is 154 Å². The maximum Gasteiger partial charge on any atom is 0.187 e. The monoisotopic (exact) mass is 1050 g/mol. The summed E-state index contributed by atoms with van der Waals surface area (Å²) in [6, 6.07) is 0. The van der Waals surface area contributed by atoms with Crippen LogP contribution in [0.2, 0.25) is 0 Å². The summed E-state index contributed by atoms with van der Waals surface area (Å²) in [6.45, 7) is 10.4. The van der Waals surface area contributed by atoms with Crippen LogP contribution in [0.15, 0.2) is 11.6 Å². The Hall–Kier alpha value is -1.14. The molecular weight excluding hydrogens is 965 g/mol. The van der Waals surface area contributed by atoms with Crippen molar-refractivity contribution in [1.29, 1.82) is 0 Å². The van der Waals surface area contributed by atoms with Crippen LogP contribution >= 0.6 is 0 Å². The van der Waals surface area contributed by atoms with Gasteiger partial charge in [0.1, 0.15) is 85.5 Å². The van der Waals surface area contributed by atoms with E-state index in [0.29, 0.717) is 43.9 Å². The highest BCUT2D eigenvalue weighted by Crippen LogP contribution is 2.67. The predicted octanol–water partition coefficient (Wildman–Crippen LogP) is -2.35. The van der Waals surface area contributed by atoms with Crippen LogP contribution in [0, 0.1) is 46.3 Å². The number of aliphatic hydroxyl groups is 14. The van der Waals surface area contributed by atoms with Crippen LogP contribution < -0.4 is 0 Å². The molecule has 4 heterocycles. The van der Waals surface area contributed by atoms with Crippen LogP contribution in [0.5, 0.6) is 0 Å². The first-order valence-corrected chi connectivity index (χ1v) is 26.7. The highest BCUT2D eigenvalue weighted by Gasteiger charge is 2.63. The summed E-state index contributed by atoms with van der Waals surface area (Å²) in [7, 11) is 0. The van der Waals surface area contributed by atoms with Crippen LogP contribution in [-0.4, -0.2) is 232 Å². The van der Waals surface area contributed by atoms with Gasteiger partial charge in [0.2, 0.25) is 0 Å². The fourth-order valence-corrected chi connectivity index (χ4v) is 14.5. The van der Waals surface area contributed by atoms with E-state index in [0.717, 1.165) is 25.7 Å². The lowest BCUT2D eigenvalue weighted by molar-refractivity contribution is -0.388. The van der Waals surface area contributed by atoms with Crippen molar-refractivity contribution in [1.82, 2.24) is 0 Å². The molecule has 0 bridgehead atoms. The molecule has 22 nitrogen and oxygen atoms in total. The van der Waals surface area contributed by atoms with E-state index in [4.69, 9.17) is 37.9 Å². The highest BCUT2D eigenvalue weighted by molar-refractivity contribution is 5.26. The average molecular weight is 1050 g/mol. The molecule has 22 heteroatoms. The van der Waals surface area contributed by atoms with Crippen molar-refractivity contribution < 1.29 is 109 Å². The molecule has 8 aliphatic rings. The molecule has 0 spiro atoms. The first-order valence-electron chi connectivity index (χ1n) is 26.7. The molecule has 31 atom stereocenters. The molecule has 3 saturated carbocycles. The second-order valence-electron chi connectivity index (χ2n) is 23.6. The number of aliphatic hydroxyl groups excluding tert-OH is 14. The van der Waals surface area contributed by atoms with E-state index in [1.165, 1.54) is 19.4 Å². The van der Waals surface area contributed by atoms with Gasteiger partial charge >= 0.3 is 0 Å². The summed E-state index contributed by atoms with van der Waals surface area (Å²) in [5.41, 5.74) is 0.813. The van der Waals surface area contributed by atoms with E-state index >= 15 is 0 Å². The standard InChI is InChI=1S/C51H86O22/c1-20(19-66-46-40(62)39(61)36(58)31(17-52)70-46)7-10-29(54)21(2)33-30(55)16-28-26-9-8-24-15-25(11-13-50(24,5)27(26)12-14-51(28,33)6)69-49-45(73-48-42(64)38(60)35(57)23(4)68-48)43(65)44(32(18-53)71-49)72-47-41(63)37(59)34(56)22(3)67-47/h8,20-23,25-49,52-65H,7,9-19H2,1-6H3. The van der Waals surface area contributed by atoms with Crippen molar-refractivity contribution in [2.24, 2.45) is 46.3 Å². The fraction of sp³-hybridized carbons (Fsp3) is 0.961. The number of hydrogen-bond donors (Lipinski definition) is 14. The van der Waals surface area contributed by atoms with Crippen LogP contribution in [0.1, 0.15) is 99.3 Å². The summed E-state index contributed by atoms with van der Waals surface area (Å²) in [6.07, 6.45) is -22.4. The van der Waals surface area contributed by atoms with Gasteiger partial charge in [-0.1, -0.05) is 39.3 Å². The Labute approximate surface area is 426 Å². The van der Waals surface area contributed by atoms with Gasteiger partial charge in [0.15, 0.2) is 25.2 Å². The van der Waals surface area contributed by atoms with Crippen LogP contribution in [0.25, 0.3) is 0 Å². The van der Waals surface area contributed by atoms with Crippen LogP contribution in [-0.2, 0) is 37.9 Å². The van der Waals surface area contributed by atoms with Gasteiger partial charge in [0.25, 0.3) is 0 Å². The van der Waals surface area contributed by atoms with Crippen molar-refractivity contribution in [3.05, 3.63) is 11.6 Å². The van der Waals surface area contributed by atoms with Crippen molar-refractivity contribution in [2.45, 2.75) is 240 Å². The molecule has 0 aromatic rings. The van der Waals surface area contributed by atoms with Gasteiger partial charge in [0, 0.05) is 0 Å². The minimum atomic E-state index is -1.76. The van der Waals surface area contributed by atoms with Crippen molar-refractivity contribution in [2.75, 3.05) is 19.8 Å². The summed E-state index contributed by atoms with van der Waals surface area (Å²) in [4.78, 5) is 0. The largest absolute Gasteiger partial charge is 0.394 e. The van der Waals surface area contributed by atoms with E-state index in [1.807, 2.05) is 13.8 Å². The first kappa shape index (κ1) is 58.0. The van der Waals surface area contributed by atoms with E-state index in [-0.39, 0.29) is 41.1 Å². The Morgan fingerprint density at radius 1 is 0.616 bits per heavy atom. The molecule has 4 saturated heterocycles. The van der Waals surface area contributed by atoms with Gasteiger partial charge in [0.05, 0.1) is 50.3 Å². The Morgan fingerprint density at radius 2 is 1.19 bits per heavy atom. The third kappa shape index (κ3) is 11.1. The SMILES string of the molecule is CC(CCC(O)C(C)C1C(O)CC2C3CC=C4CC(OC5OC(CO)C(OC6OC(C)C(O)C(O)C6O)C(O)C5OC5OC(C)C(O)C(O)C5O)CCC4(C)C3CCC21C)COC1OC(CO)C(O)C(O)C1O. The Kier molecular flexibility index (Phi) is 18.5. The molecule has 7 fully saturated rings. The molecule has 31 unspecified atom stereocenters. The van der Waals surface area contributed by atoms with Crippen molar-refractivity contribution >= 4 is 0 Å². The molecule has 0 radical (unpaired) electrons. The molecule has 4 aliphatic carbocycles. The molecule has 8 rings (SSSR count). The summed E-state index contributed by atoms with van der Waals surface area (Å²) in [5, 5.41) is 150. The lowest BCUT2D eigenvalue weighted by Gasteiger charge is -2.58. The normalized spacial score (nSPS) is 52.6. The molecule has 0 aromatic carbocycles. The number of allylic oxidation sites excluding steroid dienone is 1. The zero-order valence-corrected chi connectivity index (χ0v) is 42.8. The van der Waals surface area contributed by atoms with E-state index in [1.54, 1.807) is 0 Å². The minimum Gasteiger partial charge on any atom is -0.394 e. The smallest absolute Gasteiger partial charge is 0.187 e.